The molecule has 0 atom stereocenters. The minimum absolute atomic E-state index is 0.257. The number of hydrogen-bond donors (Lipinski definition) is 2. The number of anilines is 1. The fourth-order valence-corrected chi connectivity index (χ4v) is 4.12. The van der Waals surface area contributed by atoms with Gasteiger partial charge in [0.2, 0.25) is 5.88 Å². The van der Waals surface area contributed by atoms with Gasteiger partial charge in [0.25, 0.3) is 0 Å². The maximum absolute atomic E-state index is 13.3. The SMILES string of the molecule is CCNC(=O)Nc1cccc(OCCCOc2ncnc3scc(-c4ccc(F)cc4)c23)c1. The number of benzene rings is 2. The van der Waals surface area contributed by atoms with E-state index in [1.54, 1.807) is 24.3 Å². The van der Waals surface area contributed by atoms with E-state index >= 15 is 0 Å². The van der Waals surface area contributed by atoms with E-state index in [0.717, 1.165) is 21.3 Å². The van der Waals surface area contributed by atoms with E-state index in [2.05, 4.69) is 20.6 Å². The molecular formula is C24H23FN4O3S. The van der Waals surface area contributed by atoms with Gasteiger partial charge in [0, 0.05) is 35.7 Å². The number of fused-ring (bicyclic) bond motifs is 1. The maximum Gasteiger partial charge on any atom is 0.319 e. The first-order valence-corrected chi connectivity index (χ1v) is 11.4. The molecule has 0 unspecified atom stereocenters. The maximum atomic E-state index is 13.3. The topological polar surface area (TPSA) is 85.4 Å². The number of carbonyl (C=O) groups is 1. The molecule has 0 aliphatic carbocycles. The van der Waals surface area contributed by atoms with Gasteiger partial charge in [-0.2, -0.15) is 0 Å². The van der Waals surface area contributed by atoms with Crippen molar-refractivity contribution in [1.82, 2.24) is 15.3 Å². The summed E-state index contributed by atoms with van der Waals surface area (Å²) in [7, 11) is 0. The minimum atomic E-state index is -0.281. The molecule has 2 N–H and O–H groups in total. The molecule has 2 amide bonds. The predicted molar refractivity (Wildman–Crippen MR) is 128 cm³/mol. The molecule has 4 aromatic rings. The lowest BCUT2D eigenvalue weighted by Gasteiger charge is -2.10. The number of urea groups is 1. The Kier molecular flexibility index (Phi) is 7.31. The number of hydrogen-bond acceptors (Lipinski definition) is 6. The second-order valence-corrected chi connectivity index (χ2v) is 7.94. The monoisotopic (exact) mass is 466 g/mol. The van der Waals surface area contributed by atoms with Crippen molar-refractivity contribution in [2.45, 2.75) is 13.3 Å². The predicted octanol–water partition coefficient (Wildman–Crippen LogP) is 5.49. The van der Waals surface area contributed by atoms with E-state index < -0.39 is 0 Å². The highest BCUT2D eigenvalue weighted by atomic mass is 32.1. The molecule has 9 heteroatoms. The van der Waals surface area contributed by atoms with Crippen LogP contribution in [0.25, 0.3) is 21.3 Å². The molecule has 2 aromatic heterocycles. The van der Waals surface area contributed by atoms with Gasteiger partial charge >= 0.3 is 6.03 Å². The molecule has 4 rings (SSSR count). The molecule has 0 fully saturated rings. The molecule has 0 aliphatic heterocycles. The van der Waals surface area contributed by atoms with Gasteiger partial charge in [-0.15, -0.1) is 11.3 Å². The van der Waals surface area contributed by atoms with Crippen molar-refractivity contribution in [3.05, 3.63) is 66.1 Å². The summed E-state index contributed by atoms with van der Waals surface area (Å²) in [4.78, 5) is 21.1. The van der Waals surface area contributed by atoms with Gasteiger partial charge in [0.1, 0.15) is 22.7 Å². The van der Waals surface area contributed by atoms with E-state index in [-0.39, 0.29) is 11.8 Å². The smallest absolute Gasteiger partial charge is 0.319 e. The summed E-state index contributed by atoms with van der Waals surface area (Å²) in [6.07, 6.45) is 2.11. The van der Waals surface area contributed by atoms with Crippen LogP contribution in [0, 0.1) is 5.82 Å². The molecule has 7 nitrogen and oxygen atoms in total. The Morgan fingerprint density at radius 1 is 1.09 bits per heavy atom. The molecule has 0 aliphatic rings. The van der Waals surface area contributed by atoms with Crippen molar-refractivity contribution in [3.63, 3.8) is 0 Å². The van der Waals surface area contributed by atoms with Crippen molar-refractivity contribution >= 4 is 33.3 Å². The van der Waals surface area contributed by atoms with Crippen LogP contribution in [0.3, 0.4) is 0 Å². The number of thiophene rings is 1. The highest BCUT2D eigenvalue weighted by Gasteiger charge is 2.14. The first-order valence-electron chi connectivity index (χ1n) is 10.5. The third-order valence-corrected chi connectivity index (χ3v) is 5.60. The van der Waals surface area contributed by atoms with Gasteiger partial charge in [-0.25, -0.2) is 19.2 Å². The molecule has 0 spiro atoms. The number of nitrogens with one attached hydrogen (secondary N) is 2. The normalized spacial score (nSPS) is 10.7. The molecule has 0 bridgehead atoms. The number of halogens is 1. The largest absolute Gasteiger partial charge is 0.493 e. The lowest BCUT2D eigenvalue weighted by Crippen LogP contribution is -2.28. The summed E-state index contributed by atoms with van der Waals surface area (Å²) in [6, 6.07) is 13.3. The number of ether oxygens (including phenoxy) is 2. The summed E-state index contributed by atoms with van der Waals surface area (Å²) >= 11 is 1.49. The average molecular weight is 467 g/mol. The zero-order valence-corrected chi connectivity index (χ0v) is 18.8. The Balaban J connectivity index is 1.34. The molecular weight excluding hydrogens is 443 g/mol. The molecule has 0 radical (unpaired) electrons. The number of amides is 2. The Morgan fingerprint density at radius 3 is 2.73 bits per heavy atom. The van der Waals surface area contributed by atoms with Gasteiger partial charge in [-0.05, 0) is 36.8 Å². The molecule has 2 aromatic carbocycles. The number of aromatic nitrogens is 2. The van der Waals surface area contributed by atoms with E-state index in [9.17, 15) is 9.18 Å². The van der Waals surface area contributed by atoms with Crippen LogP contribution >= 0.6 is 11.3 Å². The van der Waals surface area contributed by atoms with Crippen LogP contribution < -0.4 is 20.1 Å². The minimum Gasteiger partial charge on any atom is -0.493 e. The third kappa shape index (κ3) is 5.75. The number of nitrogens with zero attached hydrogens (tertiary/aromatic N) is 2. The fraction of sp³-hybridized carbons (Fsp3) is 0.208. The standard InChI is InChI=1S/C24H23FN4O3S/c1-2-26-24(30)29-18-5-3-6-19(13-18)31-11-4-12-32-22-21-20(14-33-23(21)28-15-27-22)16-7-9-17(25)10-8-16/h3,5-10,13-15H,2,4,11-12H2,1H3,(H2,26,29,30). The average Bonchev–Trinajstić information content (AvgIpc) is 3.25. The summed E-state index contributed by atoms with van der Waals surface area (Å²) < 4.78 is 25.0. The summed E-state index contributed by atoms with van der Waals surface area (Å²) in [5, 5.41) is 8.23. The first kappa shape index (κ1) is 22.5. The van der Waals surface area contributed by atoms with Crippen molar-refractivity contribution in [2.24, 2.45) is 0 Å². The van der Waals surface area contributed by atoms with Crippen LogP contribution in [-0.2, 0) is 0 Å². The highest BCUT2D eigenvalue weighted by molar-refractivity contribution is 7.17. The Bertz CT molecular complexity index is 1230. The zero-order valence-electron chi connectivity index (χ0n) is 18.0. The van der Waals surface area contributed by atoms with Crippen LogP contribution in [0.2, 0.25) is 0 Å². The second-order valence-electron chi connectivity index (χ2n) is 7.08. The lowest BCUT2D eigenvalue weighted by atomic mass is 10.1. The van der Waals surface area contributed by atoms with Crippen molar-refractivity contribution in [1.29, 1.82) is 0 Å². The van der Waals surface area contributed by atoms with Gasteiger partial charge < -0.3 is 20.1 Å². The van der Waals surface area contributed by atoms with Crippen LogP contribution in [0.15, 0.2) is 60.2 Å². The van der Waals surface area contributed by atoms with Gasteiger partial charge in [0.05, 0.1) is 18.6 Å². The van der Waals surface area contributed by atoms with Crippen molar-refractivity contribution in [2.75, 3.05) is 25.1 Å². The van der Waals surface area contributed by atoms with Gasteiger partial charge in [0.15, 0.2) is 0 Å². The zero-order chi connectivity index (χ0) is 23.0. The fourth-order valence-electron chi connectivity index (χ4n) is 3.22. The molecule has 33 heavy (non-hydrogen) atoms. The van der Waals surface area contributed by atoms with Gasteiger partial charge in [-0.1, -0.05) is 18.2 Å². The summed E-state index contributed by atoms with van der Waals surface area (Å²) in [6.45, 7) is 3.25. The summed E-state index contributed by atoms with van der Waals surface area (Å²) in [5.41, 5.74) is 2.45. The van der Waals surface area contributed by atoms with Crippen molar-refractivity contribution < 1.29 is 18.7 Å². The first-order chi connectivity index (χ1) is 16.1. The molecule has 0 saturated carbocycles. The van der Waals surface area contributed by atoms with E-state index in [0.29, 0.717) is 43.5 Å². The second kappa shape index (κ2) is 10.7. The highest BCUT2D eigenvalue weighted by Crippen LogP contribution is 2.37. The van der Waals surface area contributed by atoms with E-state index in [1.807, 2.05) is 24.4 Å². The Labute approximate surface area is 194 Å². The van der Waals surface area contributed by atoms with E-state index in [4.69, 9.17) is 9.47 Å². The van der Waals surface area contributed by atoms with E-state index in [1.165, 1.54) is 29.8 Å². The van der Waals surface area contributed by atoms with Crippen LogP contribution in [0.1, 0.15) is 13.3 Å². The third-order valence-electron chi connectivity index (χ3n) is 4.72. The number of rotatable bonds is 9. The Hall–Kier alpha value is -3.72. The molecule has 2 heterocycles. The Morgan fingerprint density at radius 2 is 1.91 bits per heavy atom. The summed E-state index contributed by atoms with van der Waals surface area (Å²) in [5.74, 6) is 0.871. The number of carbonyl (C=O) groups excluding carboxylic acids is 1. The quantitative estimate of drug-likeness (QED) is 0.319. The van der Waals surface area contributed by atoms with Crippen LogP contribution in [0.4, 0.5) is 14.9 Å². The van der Waals surface area contributed by atoms with Gasteiger partial charge in [-0.3, -0.25) is 0 Å². The van der Waals surface area contributed by atoms with Crippen LogP contribution in [0.5, 0.6) is 11.6 Å². The lowest BCUT2D eigenvalue weighted by molar-refractivity contribution is 0.244. The molecule has 0 saturated heterocycles. The molecule has 170 valence electrons. The van der Waals surface area contributed by atoms with Crippen LogP contribution in [-0.4, -0.2) is 35.8 Å². The van der Waals surface area contributed by atoms with Crippen molar-refractivity contribution in [3.8, 4) is 22.8 Å².